The fraction of sp³-hybridized carbons (Fsp3) is 0.692. The molecule has 0 unspecified atom stereocenters. The first-order valence-electron chi connectivity index (χ1n) is 6.31. The van der Waals surface area contributed by atoms with Gasteiger partial charge in [-0.15, -0.1) is 6.58 Å². The van der Waals surface area contributed by atoms with Crippen LogP contribution in [0.25, 0.3) is 0 Å². The summed E-state index contributed by atoms with van der Waals surface area (Å²) in [7, 11) is 0. The molecule has 1 spiro atoms. The van der Waals surface area contributed by atoms with E-state index in [0.717, 1.165) is 38.9 Å². The van der Waals surface area contributed by atoms with Crippen molar-refractivity contribution in [3.05, 3.63) is 12.7 Å². The van der Waals surface area contributed by atoms with Crippen molar-refractivity contribution in [1.82, 2.24) is 10.2 Å². The first-order valence-corrected chi connectivity index (χ1v) is 6.31. The van der Waals surface area contributed by atoms with E-state index in [0.29, 0.717) is 12.8 Å². The summed E-state index contributed by atoms with van der Waals surface area (Å²) in [6, 6.07) is 0. The van der Waals surface area contributed by atoms with Crippen molar-refractivity contribution < 1.29 is 9.59 Å². The number of hydrogen-bond acceptors (Lipinski definition) is 2. The second kappa shape index (κ2) is 4.90. The molecule has 0 aromatic heterocycles. The summed E-state index contributed by atoms with van der Waals surface area (Å²) < 4.78 is 0. The quantitative estimate of drug-likeness (QED) is 0.745. The normalized spacial score (nSPS) is 22.6. The average Bonchev–Trinajstić information content (AvgIpc) is 2.68. The summed E-state index contributed by atoms with van der Waals surface area (Å²) in [4.78, 5) is 25.0. The summed E-state index contributed by atoms with van der Waals surface area (Å²) in [5.41, 5.74) is 0.131. The van der Waals surface area contributed by atoms with E-state index in [1.165, 1.54) is 0 Å². The second-order valence-corrected chi connectivity index (χ2v) is 5.16. The number of amides is 2. The molecule has 0 saturated carbocycles. The van der Waals surface area contributed by atoms with Gasteiger partial charge < -0.3 is 10.2 Å². The van der Waals surface area contributed by atoms with Crippen molar-refractivity contribution in [2.75, 3.05) is 19.6 Å². The second-order valence-electron chi connectivity index (χ2n) is 5.16. The number of rotatable bonds is 3. The maximum Gasteiger partial charge on any atom is 0.222 e. The minimum atomic E-state index is 0.131. The van der Waals surface area contributed by atoms with E-state index in [1.54, 1.807) is 6.08 Å². The van der Waals surface area contributed by atoms with Crippen LogP contribution in [0.15, 0.2) is 12.7 Å². The van der Waals surface area contributed by atoms with Crippen LogP contribution in [0, 0.1) is 5.41 Å². The zero-order valence-electron chi connectivity index (χ0n) is 10.2. The van der Waals surface area contributed by atoms with Gasteiger partial charge in [-0.2, -0.15) is 0 Å². The van der Waals surface area contributed by atoms with Crippen molar-refractivity contribution in [2.45, 2.75) is 32.1 Å². The molecule has 2 rings (SSSR count). The van der Waals surface area contributed by atoms with E-state index in [-0.39, 0.29) is 17.2 Å². The van der Waals surface area contributed by atoms with Crippen LogP contribution < -0.4 is 5.32 Å². The third-order valence-corrected chi connectivity index (χ3v) is 3.94. The fourth-order valence-electron chi connectivity index (χ4n) is 2.72. The molecule has 0 atom stereocenters. The van der Waals surface area contributed by atoms with E-state index in [2.05, 4.69) is 11.9 Å². The van der Waals surface area contributed by atoms with E-state index in [9.17, 15) is 9.59 Å². The zero-order chi connectivity index (χ0) is 12.3. The molecule has 0 radical (unpaired) electrons. The molecule has 0 bridgehead atoms. The van der Waals surface area contributed by atoms with Gasteiger partial charge in [-0.25, -0.2) is 0 Å². The van der Waals surface area contributed by atoms with Crippen LogP contribution in [-0.2, 0) is 9.59 Å². The lowest BCUT2D eigenvalue weighted by atomic mass is 9.77. The average molecular weight is 236 g/mol. The number of allylic oxidation sites excluding steroid dienone is 1. The number of hydrogen-bond donors (Lipinski definition) is 1. The van der Waals surface area contributed by atoms with Gasteiger partial charge in [-0.3, -0.25) is 9.59 Å². The van der Waals surface area contributed by atoms with Gasteiger partial charge in [0.05, 0.1) is 0 Å². The summed E-state index contributed by atoms with van der Waals surface area (Å²) in [6.45, 7) is 6.01. The SMILES string of the molecule is C=CCCC(=O)N1CCC2(CC1)CNC(=O)C2. The van der Waals surface area contributed by atoms with Crippen LogP contribution in [0.4, 0.5) is 0 Å². The van der Waals surface area contributed by atoms with Crippen LogP contribution in [0.2, 0.25) is 0 Å². The molecule has 17 heavy (non-hydrogen) atoms. The highest BCUT2D eigenvalue weighted by Gasteiger charge is 2.41. The standard InChI is InChI=1S/C13H20N2O2/c1-2-3-4-12(17)15-7-5-13(6-8-15)9-11(16)14-10-13/h2H,1,3-10H2,(H,14,16). The number of nitrogens with one attached hydrogen (secondary N) is 1. The Morgan fingerprint density at radius 1 is 1.47 bits per heavy atom. The van der Waals surface area contributed by atoms with E-state index >= 15 is 0 Å². The molecule has 1 N–H and O–H groups in total. The molecule has 2 aliphatic heterocycles. The van der Waals surface area contributed by atoms with Crippen molar-refractivity contribution in [2.24, 2.45) is 5.41 Å². The highest BCUT2D eigenvalue weighted by Crippen LogP contribution is 2.37. The van der Waals surface area contributed by atoms with Gasteiger partial charge in [0.2, 0.25) is 11.8 Å². The van der Waals surface area contributed by atoms with Gasteiger partial charge in [0.15, 0.2) is 0 Å². The Kier molecular flexibility index (Phi) is 3.50. The molecular weight excluding hydrogens is 216 g/mol. The largest absolute Gasteiger partial charge is 0.356 e. The highest BCUT2D eigenvalue weighted by molar-refractivity contribution is 5.79. The molecule has 0 aliphatic carbocycles. The minimum absolute atomic E-state index is 0.131. The van der Waals surface area contributed by atoms with Crippen molar-refractivity contribution in [3.63, 3.8) is 0 Å². The van der Waals surface area contributed by atoms with E-state index < -0.39 is 0 Å². The van der Waals surface area contributed by atoms with Gasteiger partial charge in [0.25, 0.3) is 0 Å². The third kappa shape index (κ3) is 2.68. The first kappa shape index (κ1) is 12.1. The topological polar surface area (TPSA) is 49.4 Å². The lowest BCUT2D eigenvalue weighted by Gasteiger charge is -2.38. The van der Waals surface area contributed by atoms with Crippen LogP contribution in [0.3, 0.4) is 0 Å². The van der Waals surface area contributed by atoms with Crippen molar-refractivity contribution in [3.8, 4) is 0 Å². The predicted octanol–water partition coefficient (Wildman–Crippen LogP) is 1.08. The molecule has 2 amide bonds. The number of piperidine rings is 1. The monoisotopic (exact) mass is 236 g/mol. The third-order valence-electron chi connectivity index (χ3n) is 3.94. The number of carbonyl (C=O) groups excluding carboxylic acids is 2. The Morgan fingerprint density at radius 2 is 2.18 bits per heavy atom. The Morgan fingerprint density at radius 3 is 2.71 bits per heavy atom. The van der Waals surface area contributed by atoms with Gasteiger partial charge in [-0.1, -0.05) is 6.08 Å². The van der Waals surface area contributed by atoms with Gasteiger partial charge in [-0.05, 0) is 24.7 Å². The molecule has 4 nitrogen and oxygen atoms in total. The summed E-state index contributed by atoms with van der Waals surface area (Å²) in [5.74, 6) is 0.383. The number of likely N-dealkylation sites (tertiary alicyclic amines) is 1. The van der Waals surface area contributed by atoms with Crippen molar-refractivity contribution in [1.29, 1.82) is 0 Å². The molecule has 0 aromatic carbocycles. The lowest BCUT2D eigenvalue weighted by Crippen LogP contribution is -2.43. The lowest BCUT2D eigenvalue weighted by molar-refractivity contribution is -0.133. The molecule has 2 saturated heterocycles. The molecule has 4 heteroatoms. The molecule has 2 aliphatic rings. The Balaban J connectivity index is 1.83. The fourth-order valence-corrected chi connectivity index (χ4v) is 2.72. The predicted molar refractivity (Wildman–Crippen MR) is 65.3 cm³/mol. The minimum Gasteiger partial charge on any atom is -0.356 e. The maximum absolute atomic E-state index is 11.8. The van der Waals surface area contributed by atoms with Crippen LogP contribution in [0.5, 0.6) is 0 Å². The summed E-state index contributed by atoms with van der Waals surface area (Å²) >= 11 is 0. The Labute approximate surface area is 102 Å². The summed E-state index contributed by atoms with van der Waals surface area (Å²) in [6.07, 6.45) is 5.63. The first-order chi connectivity index (χ1) is 8.15. The molecule has 2 heterocycles. The van der Waals surface area contributed by atoms with Crippen LogP contribution in [0.1, 0.15) is 32.1 Å². The van der Waals surface area contributed by atoms with E-state index in [4.69, 9.17) is 0 Å². The Hall–Kier alpha value is -1.32. The van der Waals surface area contributed by atoms with Crippen LogP contribution in [-0.4, -0.2) is 36.3 Å². The Bertz CT molecular complexity index is 330. The smallest absolute Gasteiger partial charge is 0.222 e. The van der Waals surface area contributed by atoms with Gasteiger partial charge in [0.1, 0.15) is 0 Å². The number of carbonyl (C=O) groups is 2. The van der Waals surface area contributed by atoms with E-state index in [1.807, 2.05) is 4.90 Å². The molecule has 2 fully saturated rings. The van der Waals surface area contributed by atoms with Crippen molar-refractivity contribution >= 4 is 11.8 Å². The highest BCUT2D eigenvalue weighted by atomic mass is 16.2. The number of nitrogens with zero attached hydrogens (tertiary/aromatic N) is 1. The van der Waals surface area contributed by atoms with Gasteiger partial charge in [0, 0.05) is 32.5 Å². The summed E-state index contributed by atoms with van der Waals surface area (Å²) in [5, 5.41) is 2.90. The zero-order valence-corrected chi connectivity index (χ0v) is 10.2. The molecule has 94 valence electrons. The molecule has 0 aromatic rings. The maximum atomic E-state index is 11.8. The molecular formula is C13H20N2O2. The van der Waals surface area contributed by atoms with Crippen LogP contribution >= 0.6 is 0 Å². The van der Waals surface area contributed by atoms with Gasteiger partial charge >= 0.3 is 0 Å².